The lowest BCUT2D eigenvalue weighted by molar-refractivity contribution is -0.484. The Morgan fingerprint density at radius 1 is 1.40 bits per heavy atom. The second-order valence-electron chi connectivity index (χ2n) is 6.68. The highest BCUT2D eigenvalue weighted by atomic mass is 79.9. The van der Waals surface area contributed by atoms with Crippen molar-refractivity contribution in [1.29, 1.82) is 0 Å². The fourth-order valence-electron chi connectivity index (χ4n) is 2.66. The number of nitrogens with zero attached hydrogens (tertiary/aromatic N) is 2. The SMILES string of the molecule is CC(C)(C)OC(=O)N1C(=O)C=C[C@@H]1[C@H](C[N+](=O)[O-])c1ccccc1Br. The number of amides is 2. The summed E-state index contributed by atoms with van der Waals surface area (Å²) in [6.45, 7) is 4.65. The zero-order chi connectivity index (χ0) is 18.8. The van der Waals surface area contributed by atoms with E-state index >= 15 is 0 Å². The van der Waals surface area contributed by atoms with Gasteiger partial charge in [0.05, 0.1) is 12.0 Å². The second-order valence-corrected chi connectivity index (χ2v) is 7.54. The molecule has 1 aliphatic rings. The van der Waals surface area contributed by atoms with Crippen molar-refractivity contribution in [1.82, 2.24) is 4.90 Å². The summed E-state index contributed by atoms with van der Waals surface area (Å²) in [5.74, 6) is -1.24. The number of hydrogen-bond donors (Lipinski definition) is 0. The van der Waals surface area contributed by atoms with Crippen LogP contribution in [0.3, 0.4) is 0 Å². The molecular formula is C17H19BrN2O5. The molecule has 1 heterocycles. The number of carbonyl (C=O) groups excluding carboxylic acids is 2. The molecule has 0 fully saturated rings. The third kappa shape index (κ3) is 4.66. The predicted octanol–water partition coefficient (Wildman–Crippen LogP) is 3.51. The summed E-state index contributed by atoms with van der Waals surface area (Å²) in [4.78, 5) is 36.3. The normalized spacial score (nSPS) is 18.3. The Kier molecular flexibility index (Phi) is 5.62. The van der Waals surface area contributed by atoms with Crippen LogP contribution < -0.4 is 0 Å². The fourth-order valence-corrected chi connectivity index (χ4v) is 3.24. The highest BCUT2D eigenvalue weighted by Crippen LogP contribution is 2.33. The number of hydrogen-bond acceptors (Lipinski definition) is 5. The van der Waals surface area contributed by atoms with Crippen molar-refractivity contribution < 1.29 is 19.2 Å². The Bertz CT molecular complexity index is 726. The van der Waals surface area contributed by atoms with Crippen molar-refractivity contribution in [2.24, 2.45) is 0 Å². The predicted molar refractivity (Wildman–Crippen MR) is 94.8 cm³/mol. The quantitative estimate of drug-likeness (QED) is 0.559. The first-order valence-electron chi connectivity index (χ1n) is 7.71. The number of benzene rings is 1. The van der Waals surface area contributed by atoms with Gasteiger partial charge in [0.25, 0.3) is 5.91 Å². The zero-order valence-corrected chi connectivity index (χ0v) is 15.7. The number of carbonyl (C=O) groups is 2. The lowest BCUT2D eigenvalue weighted by Gasteiger charge is -2.30. The Labute approximate surface area is 153 Å². The number of nitro groups is 1. The summed E-state index contributed by atoms with van der Waals surface area (Å²) >= 11 is 3.39. The van der Waals surface area contributed by atoms with E-state index in [-0.39, 0.29) is 0 Å². The van der Waals surface area contributed by atoms with Gasteiger partial charge in [0, 0.05) is 15.5 Å². The molecule has 1 aliphatic heterocycles. The maximum Gasteiger partial charge on any atom is 0.417 e. The maximum atomic E-state index is 12.4. The van der Waals surface area contributed by atoms with E-state index in [0.29, 0.717) is 10.0 Å². The minimum atomic E-state index is -0.812. The van der Waals surface area contributed by atoms with Crippen LogP contribution in [0.15, 0.2) is 40.9 Å². The zero-order valence-electron chi connectivity index (χ0n) is 14.1. The number of rotatable bonds is 4. The van der Waals surface area contributed by atoms with E-state index in [0.717, 1.165) is 4.90 Å². The van der Waals surface area contributed by atoms with Crippen LogP contribution in [-0.4, -0.2) is 40.0 Å². The van der Waals surface area contributed by atoms with Gasteiger partial charge in [-0.1, -0.05) is 40.2 Å². The van der Waals surface area contributed by atoms with Crippen LogP contribution in [0, 0.1) is 10.1 Å². The molecule has 0 radical (unpaired) electrons. The molecule has 25 heavy (non-hydrogen) atoms. The van der Waals surface area contributed by atoms with Gasteiger partial charge in [-0.2, -0.15) is 0 Å². The van der Waals surface area contributed by atoms with E-state index in [4.69, 9.17) is 4.74 Å². The summed E-state index contributed by atoms with van der Waals surface area (Å²) in [5.41, 5.74) is -0.131. The lowest BCUT2D eigenvalue weighted by Crippen LogP contribution is -2.46. The smallest absolute Gasteiger partial charge is 0.417 e. The third-order valence-corrected chi connectivity index (χ3v) is 4.35. The van der Waals surface area contributed by atoms with Gasteiger partial charge >= 0.3 is 6.09 Å². The summed E-state index contributed by atoms with van der Waals surface area (Å²) in [6.07, 6.45) is 1.95. The van der Waals surface area contributed by atoms with E-state index in [1.54, 1.807) is 45.0 Å². The summed E-state index contributed by atoms with van der Waals surface area (Å²) < 4.78 is 5.97. The van der Waals surface area contributed by atoms with Gasteiger partial charge in [0.15, 0.2) is 0 Å². The monoisotopic (exact) mass is 410 g/mol. The van der Waals surface area contributed by atoms with Gasteiger partial charge in [-0.15, -0.1) is 0 Å². The van der Waals surface area contributed by atoms with Gasteiger partial charge in [-0.3, -0.25) is 14.9 Å². The maximum absolute atomic E-state index is 12.4. The van der Waals surface area contributed by atoms with Crippen LogP contribution in [-0.2, 0) is 9.53 Å². The van der Waals surface area contributed by atoms with Crippen LogP contribution >= 0.6 is 15.9 Å². The summed E-state index contributed by atoms with van der Waals surface area (Å²) in [5, 5.41) is 11.2. The average Bonchev–Trinajstić information content (AvgIpc) is 2.85. The van der Waals surface area contributed by atoms with Crippen molar-refractivity contribution in [2.75, 3.05) is 6.54 Å². The van der Waals surface area contributed by atoms with Crippen LogP contribution in [0.1, 0.15) is 32.3 Å². The van der Waals surface area contributed by atoms with E-state index < -0.39 is 41.0 Å². The largest absolute Gasteiger partial charge is 0.443 e. The number of ether oxygens (including phenoxy) is 1. The Hall–Kier alpha value is -2.22. The molecule has 8 heteroatoms. The van der Waals surface area contributed by atoms with E-state index in [1.807, 2.05) is 0 Å². The first-order chi connectivity index (χ1) is 11.6. The minimum absolute atomic E-state index is 0.426. The first-order valence-corrected chi connectivity index (χ1v) is 8.50. The van der Waals surface area contributed by atoms with Crippen LogP contribution in [0.25, 0.3) is 0 Å². The molecule has 0 N–H and O–H groups in total. The molecule has 1 aromatic carbocycles. The van der Waals surface area contributed by atoms with Crippen LogP contribution in [0.5, 0.6) is 0 Å². The summed E-state index contributed by atoms with van der Waals surface area (Å²) in [7, 11) is 0. The molecule has 0 bridgehead atoms. The van der Waals surface area contributed by atoms with Gasteiger partial charge in [0.2, 0.25) is 6.54 Å². The Balaban J connectivity index is 2.39. The molecule has 0 aliphatic carbocycles. The molecule has 2 atom stereocenters. The van der Waals surface area contributed by atoms with Crippen molar-refractivity contribution in [3.8, 4) is 0 Å². The van der Waals surface area contributed by atoms with Gasteiger partial charge < -0.3 is 4.74 Å². The van der Waals surface area contributed by atoms with E-state index in [2.05, 4.69) is 15.9 Å². The van der Waals surface area contributed by atoms with E-state index in [9.17, 15) is 19.7 Å². The fraction of sp³-hybridized carbons (Fsp3) is 0.412. The average molecular weight is 411 g/mol. The Morgan fingerprint density at radius 2 is 2.04 bits per heavy atom. The molecule has 0 aromatic heterocycles. The van der Waals surface area contributed by atoms with Gasteiger partial charge in [-0.05, 0) is 32.4 Å². The lowest BCUT2D eigenvalue weighted by atomic mass is 9.91. The standard InChI is InChI=1S/C17H19BrN2O5/c1-17(2,3)25-16(22)20-14(8-9-15(20)21)12(10-19(23)24)11-6-4-5-7-13(11)18/h4-9,12,14H,10H2,1-3H3/t12-,14-/m1/s1. The Morgan fingerprint density at radius 3 is 2.60 bits per heavy atom. The molecule has 2 amide bonds. The highest BCUT2D eigenvalue weighted by molar-refractivity contribution is 9.10. The number of imide groups is 1. The third-order valence-electron chi connectivity index (χ3n) is 3.62. The summed E-state index contributed by atoms with van der Waals surface area (Å²) in [6, 6.07) is 6.26. The molecular weight excluding hydrogens is 392 g/mol. The molecule has 2 rings (SSSR count). The molecule has 0 spiro atoms. The minimum Gasteiger partial charge on any atom is -0.443 e. The molecule has 134 valence electrons. The van der Waals surface area contributed by atoms with Crippen LogP contribution in [0.4, 0.5) is 4.79 Å². The number of halogens is 1. The van der Waals surface area contributed by atoms with E-state index in [1.165, 1.54) is 12.2 Å². The van der Waals surface area contributed by atoms with Crippen molar-refractivity contribution in [3.63, 3.8) is 0 Å². The van der Waals surface area contributed by atoms with Crippen LogP contribution in [0.2, 0.25) is 0 Å². The molecule has 1 aromatic rings. The van der Waals surface area contributed by atoms with Crippen molar-refractivity contribution in [3.05, 3.63) is 56.6 Å². The molecule has 0 saturated heterocycles. The molecule has 0 saturated carbocycles. The molecule has 7 nitrogen and oxygen atoms in total. The topological polar surface area (TPSA) is 89.8 Å². The van der Waals surface area contributed by atoms with Gasteiger partial charge in [-0.25, -0.2) is 9.69 Å². The highest BCUT2D eigenvalue weighted by Gasteiger charge is 2.42. The van der Waals surface area contributed by atoms with Crippen molar-refractivity contribution >= 4 is 27.9 Å². The van der Waals surface area contributed by atoms with Gasteiger partial charge in [0.1, 0.15) is 5.60 Å². The molecule has 0 unspecified atom stereocenters. The van der Waals surface area contributed by atoms with Crippen molar-refractivity contribution in [2.45, 2.75) is 38.3 Å². The second kappa shape index (κ2) is 7.35. The first kappa shape index (κ1) is 19.1.